The van der Waals surface area contributed by atoms with Crippen LogP contribution in [0.3, 0.4) is 0 Å². The van der Waals surface area contributed by atoms with Crippen LogP contribution in [0.15, 0.2) is 65.1 Å². The number of nitrogens with one attached hydrogen (secondary N) is 1. The number of benzene rings is 2. The van der Waals surface area contributed by atoms with E-state index in [1.54, 1.807) is 18.2 Å². The Kier molecular flexibility index (Phi) is 6.16. The van der Waals surface area contributed by atoms with Crippen molar-refractivity contribution in [3.8, 4) is 11.3 Å². The Labute approximate surface area is 173 Å². The van der Waals surface area contributed by atoms with Crippen LogP contribution >= 0.6 is 11.3 Å². The number of hydrogen-bond donors (Lipinski definition) is 3. The summed E-state index contributed by atoms with van der Waals surface area (Å²) < 4.78 is 0. The van der Waals surface area contributed by atoms with Gasteiger partial charge in [0.15, 0.2) is 0 Å². The fourth-order valence-corrected chi connectivity index (χ4v) is 3.96. The molecule has 2 aromatic carbocycles. The smallest absolute Gasteiger partial charge is 0.203 e. The molecule has 0 radical (unpaired) electrons. The maximum absolute atomic E-state index is 9.17. The fourth-order valence-electron chi connectivity index (χ4n) is 3.30. The highest BCUT2D eigenvalue weighted by atomic mass is 32.1. The second-order valence-corrected chi connectivity index (χ2v) is 7.79. The fraction of sp³-hybridized carbons (Fsp3) is 0.238. The zero-order valence-corrected chi connectivity index (χ0v) is 16.7. The maximum atomic E-state index is 9.17. The average Bonchev–Trinajstić information content (AvgIpc) is 3.23. The van der Waals surface area contributed by atoms with Gasteiger partial charge in [-0.1, -0.05) is 42.5 Å². The van der Waals surface area contributed by atoms with Crippen molar-refractivity contribution >= 4 is 27.9 Å². The molecule has 0 saturated carbocycles. The standard InChI is InChI=1S/C21H23N5O2S/c27-26(28)19-8-4-7-17(13-19)20-15-29-21(22-20)24-23-18-9-11-25(12-10-18)14-16-5-2-1-3-6-16/h1-8,13,15,27-28H,9-12,14H2,(H,22,24). The van der Waals surface area contributed by atoms with E-state index < -0.39 is 0 Å². The number of hydrazone groups is 1. The molecule has 1 saturated heterocycles. The second kappa shape index (κ2) is 9.15. The summed E-state index contributed by atoms with van der Waals surface area (Å²) in [5.41, 5.74) is 7.43. The van der Waals surface area contributed by atoms with Gasteiger partial charge in [0.1, 0.15) is 0 Å². The van der Waals surface area contributed by atoms with Gasteiger partial charge < -0.3 is 0 Å². The highest BCUT2D eigenvalue weighted by Crippen LogP contribution is 2.27. The number of thiazole rings is 1. The van der Waals surface area contributed by atoms with Crippen LogP contribution < -0.4 is 10.7 Å². The third-order valence-corrected chi connectivity index (χ3v) is 5.62. The summed E-state index contributed by atoms with van der Waals surface area (Å²) in [6.07, 6.45) is 1.89. The molecule has 0 atom stereocenters. The van der Waals surface area contributed by atoms with Gasteiger partial charge in [-0.15, -0.1) is 16.6 Å². The van der Waals surface area contributed by atoms with Gasteiger partial charge in [0, 0.05) is 49.1 Å². The van der Waals surface area contributed by atoms with Gasteiger partial charge in [-0.3, -0.25) is 20.7 Å². The lowest BCUT2D eigenvalue weighted by Gasteiger charge is -2.27. The zero-order valence-electron chi connectivity index (χ0n) is 15.9. The minimum atomic E-state index is 0.102. The summed E-state index contributed by atoms with van der Waals surface area (Å²) in [7, 11) is 0. The van der Waals surface area contributed by atoms with E-state index in [0.29, 0.717) is 0 Å². The van der Waals surface area contributed by atoms with E-state index in [2.05, 4.69) is 44.7 Å². The molecule has 0 aliphatic carbocycles. The second-order valence-electron chi connectivity index (χ2n) is 6.93. The Balaban J connectivity index is 1.32. The number of rotatable bonds is 6. The molecule has 1 aliphatic heterocycles. The average molecular weight is 410 g/mol. The zero-order chi connectivity index (χ0) is 20.1. The Hall–Kier alpha value is -2.78. The van der Waals surface area contributed by atoms with Crippen molar-refractivity contribution in [1.29, 1.82) is 0 Å². The molecule has 0 bridgehead atoms. The lowest BCUT2D eigenvalue weighted by molar-refractivity contribution is 0.0292. The Morgan fingerprint density at radius 3 is 2.62 bits per heavy atom. The molecule has 1 aliphatic rings. The highest BCUT2D eigenvalue weighted by molar-refractivity contribution is 7.14. The first-order valence-corrected chi connectivity index (χ1v) is 10.4. The van der Waals surface area contributed by atoms with Crippen molar-refractivity contribution in [3.63, 3.8) is 0 Å². The summed E-state index contributed by atoms with van der Waals surface area (Å²) in [4.78, 5) is 7.00. The molecule has 150 valence electrons. The van der Waals surface area contributed by atoms with E-state index in [4.69, 9.17) is 10.4 Å². The Morgan fingerprint density at radius 2 is 1.86 bits per heavy atom. The van der Waals surface area contributed by atoms with Crippen LogP contribution in [0.5, 0.6) is 0 Å². The Bertz CT molecular complexity index is 964. The van der Waals surface area contributed by atoms with Crippen LogP contribution in [0.2, 0.25) is 0 Å². The molecular weight excluding hydrogens is 386 g/mol. The number of aromatic nitrogens is 1. The molecular formula is C21H23N5O2S. The molecule has 3 N–H and O–H groups in total. The van der Waals surface area contributed by atoms with Gasteiger partial charge >= 0.3 is 0 Å². The van der Waals surface area contributed by atoms with Crippen molar-refractivity contribution in [2.24, 2.45) is 5.10 Å². The van der Waals surface area contributed by atoms with E-state index in [1.165, 1.54) is 16.9 Å². The summed E-state index contributed by atoms with van der Waals surface area (Å²) in [5, 5.41) is 25.6. The highest BCUT2D eigenvalue weighted by Gasteiger charge is 2.15. The van der Waals surface area contributed by atoms with Crippen LogP contribution in [0, 0.1) is 0 Å². The molecule has 1 aromatic heterocycles. The van der Waals surface area contributed by atoms with Gasteiger partial charge in [-0.05, 0) is 17.7 Å². The molecule has 8 heteroatoms. The number of piperidine rings is 1. The van der Waals surface area contributed by atoms with Crippen molar-refractivity contribution in [1.82, 2.24) is 9.88 Å². The normalized spacial score (nSPS) is 14.6. The summed E-state index contributed by atoms with van der Waals surface area (Å²) in [6.45, 7) is 2.99. The van der Waals surface area contributed by atoms with Crippen molar-refractivity contribution in [2.45, 2.75) is 19.4 Å². The SMILES string of the molecule is ON(O)c1cccc(-c2csc(NN=C3CCN(Cc4ccccc4)CC3)n2)c1. The largest absolute Gasteiger partial charge is 0.298 e. The monoisotopic (exact) mass is 409 g/mol. The number of hydrogen-bond acceptors (Lipinski definition) is 8. The summed E-state index contributed by atoms with van der Waals surface area (Å²) >= 11 is 1.47. The van der Waals surface area contributed by atoms with Crippen LogP contribution in [0.1, 0.15) is 18.4 Å². The predicted molar refractivity (Wildman–Crippen MR) is 116 cm³/mol. The predicted octanol–water partition coefficient (Wildman–Crippen LogP) is 4.46. The molecule has 0 amide bonds. The quantitative estimate of drug-likeness (QED) is 0.522. The summed E-state index contributed by atoms with van der Waals surface area (Å²) in [6, 6.07) is 17.4. The van der Waals surface area contributed by atoms with E-state index in [0.717, 1.165) is 54.6 Å². The third-order valence-electron chi connectivity index (χ3n) is 4.87. The first kappa shape index (κ1) is 19.5. The first-order chi connectivity index (χ1) is 14.2. The van der Waals surface area contributed by atoms with Crippen molar-refractivity contribution in [2.75, 3.05) is 23.7 Å². The molecule has 1 fully saturated rings. The third kappa shape index (κ3) is 5.18. The van der Waals surface area contributed by atoms with Gasteiger partial charge in [0.25, 0.3) is 0 Å². The minimum absolute atomic E-state index is 0.102. The minimum Gasteiger partial charge on any atom is -0.298 e. The van der Waals surface area contributed by atoms with E-state index in [1.807, 2.05) is 17.5 Å². The van der Waals surface area contributed by atoms with Gasteiger partial charge in [-0.25, -0.2) is 4.98 Å². The first-order valence-electron chi connectivity index (χ1n) is 9.49. The summed E-state index contributed by atoms with van der Waals surface area (Å²) in [5.74, 6) is 0. The van der Waals surface area contributed by atoms with Crippen LogP contribution in [0.4, 0.5) is 10.8 Å². The maximum Gasteiger partial charge on any atom is 0.203 e. The van der Waals surface area contributed by atoms with Crippen LogP contribution in [-0.4, -0.2) is 39.1 Å². The van der Waals surface area contributed by atoms with E-state index >= 15 is 0 Å². The number of anilines is 2. The number of nitrogens with zero attached hydrogens (tertiary/aromatic N) is 4. The van der Waals surface area contributed by atoms with Crippen LogP contribution in [-0.2, 0) is 6.54 Å². The number of likely N-dealkylation sites (tertiary alicyclic amines) is 1. The van der Waals surface area contributed by atoms with Gasteiger partial charge in [-0.2, -0.15) is 5.10 Å². The van der Waals surface area contributed by atoms with Crippen molar-refractivity contribution in [3.05, 3.63) is 65.5 Å². The molecule has 3 aromatic rings. The molecule has 4 rings (SSSR count). The molecule has 7 nitrogen and oxygen atoms in total. The topological polar surface area (TPSA) is 84.2 Å². The Morgan fingerprint density at radius 1 is 1.07 bits per heavy atom. The van der Waals surface area contributed by atoms with Crippen molar-refractivity contribution < 1.29 is 10.4 Å². The van der Waals surface area contributed by atoms with E-state index in [9.17, 15) is 0 Å². The molecule has 0 unspecified atom stereocenters. The molecule has 29 heavy (non-hydrogen) atoms. The van der Waals surface area contributed by atoms with Crippen LogP contribution in [0.25, 0.3) is 11.3 Å². The molecule has 0 spiro atoms. The van der Waals surface area contributed by atoms with Gasteiger partial charge in [0.2, 0.25) is 5.13 Å². The van der Waals surface area contributed by atoms with Gasteiger partial charge in [0.05, 0.1) is 11.4 Å². The lowest BCUT2D eigenvalue weighted by Crippen LogP contribution is -2.33. The van der Waals surface area contributed by atoms with E-state index in [-0.39, 0.29) is 10.9 Å². The molecule has 2 heterocycles. The lowest BCUT2D eigenvalue weighted by atomic mass is 10.1.